The highest BCUT2D eigenvalue weighted by Crippen LogP contribution is 2.15. The van der Waals surface area contributed by atoms with Crippen LogP contribution in [0.3, 0.4) is 0 Å². The van der Waals surface area contributed by atoms with Crippen molar-refractivity contribution in [3.05, 3.63) is 40.9 Å². The van der Waals surface area contributed by atoms with E-state index in [0.717, 1.165) is 15.8 Å². The van der Waals surface area contributed by atoms with E-state index in [0.29, 0.717) is 19.6 Å². The third kappa shape index (κ3) is 6.12. The maximum atomic E-state index is 11.4. The minimum atomic E-state index is -0.0230. The fraction of sp³-hybridized carbons (Fsp3) is 0.308. The quantitative estimate of drug-likeness (QED) is 0.820. The van der Waals surface area contributed by atoms with Crippen LogP contribution in [-0.4, -0.2) is 19.1 Å². The van der Waals surface area contributed by atoms with E-state index in [9.17, 15) is 4.79 Å². The van der Waals surface area contributed by atoms with E-state index in [4.69, 9.17) is 4.74 Å². The van der Waals surface area contributed by atoms with Crippen LogP contribution >= 0.6 is 15.9 Å². The Morgan fingerprint density at radius 3 is 2.65 bits per heavy atom. The molecule has 0 saturated heterocycles. The molecule has 92 valence electrons. The summed E-state index contributed by atoms with van der Waals surface area (Å²) in [7, 11) is 0. The molecule has 0 heterocycles. The molecule has 0 fully saturated rings. The molecule has 0 aliphatic rings. The summed E-state index contributed by atoms with van der Waals surface area (Å²) in [5.41, 5.74) is 0.937. The molecule has 1 aromatic rings. The highest BCUT2D eigenvalue weighted by molar-refractivity contribution is 9.10. The monoisotopic (exact) mass is 297 g/mol. The first-order chi connectivity index (χ1) is 8.08. The van der Waals surface area contributed by atoms with Gasteiger partial charge in [-0.05, 0) is 31.2 Å². The van der Waals surface area contributed by atoms with Gasteiger partial charge in [0.2, 0.25) is 5.91 Å². The van der Waals surface area contributed by atoms with E-state index in [-0.39, 0.29) is 5.91 Å². The molecule has 0 bridgehead atoms. The Balaban J connectivity index is 2.21. The number of amides is 1. The molecule has 4 heteroatoms. The molecule has 0 atom stereocenters. The number of ether oxygens (including phenoxy) is 1. The predicted molar refractivity (Wildman–Crippen MR) is 72.1 cm³/mol. The number of halogens is 1. The van der Waals surface area contributed by atoms with E-state index in [2.05, 4.69) is 27.8 Å². The van der Waals surface area contributed by atoms with E-state index >= 15 is 0 Å². The average molecular weight is 298 g/mol. The Bertz CT molecular complexity index is 387. The van der Waals surface area contributed by atoms with Crippen LogP contribution in [0.25, 0.3) is 0 Å². The Hall–Kier alpha value is -1.29. The molecule has 0 spiro atoms. The molecule has 1 rings (SSSR count). The van der Waals surface area contributed by atoms with Crippen molar-refractivity contribution >= 4 is 21.8 Å². The van der Waals surface area contributed by atoms with Crippen LogP contribution in [0.1, 0.15) is 13.3 Å². The van der Waals surface area contributed by atoms with Crippen LogP contribution in [0.5, 0.6) is 5.75 Å². The van der Waals surface area contributed by atoms with Gasteiger partial charge in [0.05, 0.1) is 13.0 Å². The lowest BCUT2D eigenvalue weighted by molar-refractivity contribution is -0.121. The number of rotatable bonds is 6. The van der Waals surface area contributed by atoms with E-state index in [1.807, 2.05) is 31.2 Å². The number of benzene rings is 1. The molecule has 1 N–H and O–H groups in total. The smallest absolute Gasteiger partial charge is 0.223 e. The van der Waals surface area contributed by atoms with Crippen LogP contribution in [0.15, 0.2) is 40.9 Å². The first-order valence-corrected chi connectivity index (χ1v) is 6.16. The molecule has 0 radical (unpaired) electrons. The Labute approximate surface area is 110 Å². The van der Waals surface area contributed by atoms with E-state index in [1.165, 1.54) is 0 Å². The number of carbonyl (C=O) groups excluding carboxylic acids is 1. The SMILES string of the molecule is C=C(C)CNC(=O)CCOc1ccc(Br)cc1. The van der Waals surface area contributed by atoms with Gasteiger partial charge >= 0.3 is 0 Å². The molecular weight excluding hydrogens is 282 g/mol. The van der Waals surface area contributed by atoms with E-state index < -0.39 is 0 Å². The minimum absolute atomic E-state index is 0.0230. The van der Waals surface area contributed by atoms with Crippen LogP contribution in [0.2, 0.25) is 0 Å². The minimum Gasteiger partial charge on any atom is -0.493 e. The van der Waals surface area contributed by atoms with Crippen LogP contribution < -0.4 is 10.1 Å². The van der Waals surface area contributed by atoms with Crippen molar-refractivity contribution in [3.8, 4) is 5.75 Å². The van der Waals surface area contributed by atoms with Gasteiger partial charge in [-0.3, -0.25) is 4.79 Å². The van der Waals surface area contributed by atoms with Crippen LogP contribution in [-0.2, 0) is 4.79 Å². The lowest BCUT2D eigenvalue weighted by Crippen LogP contribution is -2.26. The molecule has 1 aromatic carbocycles. The molecule has 0 aliphatic carbocycles. The molecule has 1 amide bonds. The molecule has 0 aromatic heterocycles. The second kappa shape index (κ2) is 7.12. The van der Waals surface area contributed by atoms with Crippen molar-refractivity contribution in [1.29, 1.82) is 0 Å². The summed E-state index contributed by atoms with van der Waals surface area (Å²) in [6.07, 6.45) is 0.351. The predicted octanol–water partition coefficient (Wildman–Crippen LogP) is 2.91. The van der Waals surface area contributed by atoms with Gasteiger partial charge in [-0.15, -0.1) is 0 Å². The summed E-state index contributed by atoms with van der Waals surface area (Å²) >= 11 is 3.34. The first-order valence-electron chi connectivity index (χ1n) is 5.37. The van der Waals surface area contributed by atoms with Gasteiger partial charge in [0.1, 0.15) is 5.75 Å². The molecular formula is C13H16BrNO2. The van der Waals surface area contributed by atoms with Crippen molar-refractivity contribution < 1.29 is 9.53 Å². The first kappa shape index (κ1) is 13.8. The third-order valence-corrected chi connectivity index (χ3v) is 2.53. The van der Waals surface area contributed by atoms with Gasteiger partial charge in [0.15, 0.2) is 0 Å². The second-order valence-corrected chi connectivity index (χ2v) is 4.70. The molecule has 0 aliphatic heterocycles. The highest BCUT2D eigenvalue weighted by Gasteiger charge is 2.01. The van der Waals surface area contributed by atoms with Gasteiger partial charge in [0.25, 0.3) is 0 Å². The second-order valence-electron chi connectivity index (χ2n) is 3.79. The van der Waals surface area contributed by atoms with Gasteiger partial charge < -0.3 is 10.1 Å². The summed E-state index contributed by atoms with van der Waals surface area (Å²) in [5, 5.41) is 2.75. The van der Waals surface area contributed by atoms with Crippen LogP contribution in [0, 0.1) is 0 Å². The van der Waals surface area contributed by atoms with Crippen molar-refractivity contribution in [2.24, 2.45) is 0 Å². The lowest BCUT2D eigenvalue weighted by Gasteiger charge is -2.07. The van der Waals surface area contributed by atoms with Gasteiger partial charge in [-0.25, -0.2) is 0 Å². The van der Waals surface area contributed by atoms with Gasteiger partial charge in [-0.2, -0.15) is 0 Å². The Morgan fingerprint density at radius 2 is 2.06 bits per heavy atom. The normalized spacial score (nSPS) is 9.76. The highest BCUT2D eigenvalue weighted by atomic mass is 79.9. The topological polar surface area (TPSA) is 38.3 Å². The zero-order chi connectivity index (χ0) is 12.7. The summed E-state index contributed by atoms with van der Waals surface area (Å²) in [5.74, 6) is 0.742. The number of hydrogen-bond donors (Lipinski definition) is 1. The van der Waals surface area contributed by atoms with Crippen molar-refractivity contribution in [2.45, 2.75) is 13.3 Å². The zero-order valence-corrected chi connectivity index (χ0v) is 11.4. The van der Waals surface area contributed by atoms with Gasteiger partial charge in [0, 0.05) is 11.0 Å². The summed E-state index contributed by atoms with van der Waals surface area (Å²) < 4.78 is 6.44. The van der Waals surface area contributed by atoms with Crippen molar-refractivity contribution in [2.75, 3.05) is 13.2 Å². The fourth-order valence-corrected chi connectivity index (χ4v) is 1.39. The Kier molecular flexibility index (Phi) is 5.77. The third-order valence-electron chi connectivity index (χ3n) is 2.00. The maximum Gasteiger partial charge on any atom is 0.223 e. The van der Waals surface area contributed by atoms with Gasteiger partial charge in [-0.1, -0.05) is 28.1 Å². The summed E-state index contributed by atoms with van der Waals surface area (Å²) in [6.45, 7) is 6.49. The zero-order valence-electron chi connectivity index (χ0n) is 9.83. The number of carbonyl (C=O) groups is 1. The largest absolute Gasteiger partial charge is 0.493 e. The van der Waals surface area contributed by atoms with Crippen LogP contribution in [0.4, 0.5) is 0 Å². The van der Waals surface area contributed by atoms with E-state index in [1.54, 1.807) is 0 Å². The summed E-state index contributed by atoms with van der Waals surface area (Å²) in [4.78, 5) is 11.4. The molecule has 17 heavy (non-hydrogen) atoms. The van der Waals surface area contributed by atoms with Crippen molar-refractivity contribution in [1.82, 2.24) is 5.32 Å². The average Bonchev–Trinajstić information content (AvgIpc) is 2.29. The Morgan fingerprint density at radius 1 is 1.41 bits per heavy atom. The molecule has 0 unspecified atom stereocenters. The fourth-order valence-electron chi connectivity index (χ4n) is 1.13. The summed E-state index contributed by atoms with van der Waals surface area (Å²) in [6, 6.07) is 7.51. The molecule has 3 nitrogen and oxygen atoms in total. The maximum absolute atomic E-state index is 11.4. The molecule has 0 saturated carbocycles. The lowest BCUT2D eigenvalue weighted by atomic mass is 10.3. The van der Waals surface area contributed by atoms with Crippen molar-refractivity contribution in [3.63, 3.8) is 0 Å². The number of hydrogen-bond acceptors (Lipinski definition) is 2. The number of nitrogens with one attached hydrogen (secondary N) is 1. The standard InChI is InChI=1S/C13H16BrNO2/c1-10(2)9-15-13(16)7-8-17-12-5-3-11(14)4-6-12/h3-6H,1,7-9H2,2H3,(H,15,16).